The maximum absolute atomic E-state index is 3.62. The van der Waals surface area contributed by atoms with Gasteiger partial charge in [0.05, 0.1) is 0 Å². The Balaban J connectivity index is 2.18. The van der Waals surface area contributed by atoms with Crippen molar-refractivity contribution in [1.82, 2.24) is 5.32 Å². The Morgan fingerprint density at radius 3 is 2.68 bits per heavy atom. The van der Waals surface area contributed by atoms with E-state index >= 15 is 0 Å². The maximum Gasteiger partial charge on any atom is 0.0382 e. The lowest BCUT2D eigenvalue weighted by molar-refractivity contribution is 0.274. The highest BCUT2D eigenvalue weighted by atomic mass is 79.9. The first-order valence-corrected chi connectivity index (χ1v) is 8.09. The largest absolute Gasteiger partial charge is 0.368 e. The average Bonchev–Trinajstić information content (AvgIpc) is 2.34. The first-order chi connectivity index (χ1) is 9.02. The minimum atomic E-state index is 0.575. The molecule has 19 heavy (non-hydrogen) atoms. The first-order valence-electron chi connectivity index (χ1n) is 7.30. The minimum absolute atomic E-state index is 0.575. The second-order valence-electron chi connectivity index (χ2n) is 5.73. The fourth-order valence-electron chi connectivity index (χ4n) is 3.16. The van der Waals surface area contributed by atoms with Crippen LogP contribution in [0.4, 0.5) is 5.69 Å². The highest BCUT2D eigenvalue weighted by Gasteiger charge is 2.32. The van der Waals surface area contributed by atoms with Crippen molar-refractivity contribution >= 4 is 21.6 Å². The third kappa shape index (κ3) is 3.32. The highest BCUT2D eigenvalue weighted by molar-refractivity contribution is 9.10. The predicted octanol–water partition coefficient (Wildman–Crippen LogP) is 3.97. The molecule has 1 N–H and O–H groups in total. The van der Waals surface area contributed by atoms with Crippen molar-refractivity contribution in [3.05, 3.63) is 28.2 Å². The van der Waals surface area contributed by atoms with Gasteiger partial charge in [0.25, 0.3) is 0 Å². The molecule has 0 aliphatic carbocycles. The number of nitrogens with zero attached hydrogens (tertiary/aromatic N) is 1. The van der Waals surface area contributed by atoms with Crippen LogP contribution in [0.3, 0.4) is 0 Å². The molecule has 1 aromatic carbocycles. The van der Waals surface area contributed by atoms with Crippen LogP contribution < -0.4 is 10.2 Å². The van der Waals surface area contributed by atoms with Gasteiger partial charge < -0.3 is 10.2 Å². The van der Waals surface area contributed by atoms with Crippen molar-refractivity contribution in [2.24, 2.45) is 5.92 Å². The molecule has 0 saturated carbocycles. The van der Waals surface area contributed by atoms with E-state index in [1.165, 1.54) is 22.1 Å². The van der Waals surface area contributed by atoms with Crippen molar-refractivity contribution in [2.75, 3.05) is 18.0 Å². The number of hydrogen-bond donors (Lipinski definition) is 1. The Hall–Kier alpha value is -0.540. The van der Waals surface area contributed by atoms with Crippen LogP contribution in [-0.4, -0.2) is 25.2 Å². The zero-order valence-corrected chi connectivity index (χ0v) is 14.0. The van der Waals surface area contributed by atoms with Gasteiger partial charge in [-0.25, -0.2) is 0 Å². The summed E-state index contributed by atoms with van der Waals surface area (Å²) in [7, 11) is 0. The molecular formula is C16H25BrN2. The number of hydrogen-bond acceptors (Lipinski definition) is 2. The number of benzene rings is 1. The summed E-state index contributed by atoms with van der Waals surface area (Å²) in [5, 5.41) is 3.62. The summed E-state index contributed by atoms with van der Waals surface area (Å²) < 4.78 is 1.18. The number of aryl methyl sites for hydroxylation is 1. The molecule has 0 spiro atoms. The lowest BCUT2D eigenvalue weighted by Gasteiger charge is -2.44. The third-order valence-corrected chi connectivity index (χ3v) is 4.85. The highest BCUT2D eigenvalue weighted by Crippen LogP contribution is 2.31. The van der Waals surface area contributed by atoms with E-state index in [-0.39, 0.29) is 0 Å². The lowest BCUT2D eigenvalue weighted by atomic mass is 9.86. The molecule has 1 aliphatic rings. The summed E-state index contributed by atoms with van der Waals surface area (Å²) in [5.74, 6) is 0.674. The second kappa shape index (κ2) is 6.27. The van der Waals surface area contributed by atoms with Gasteiger partial charge in [0, 0.05) is 28.8 Å². The van der Waals surface area contributed by atoms with Gasteiger partial charge in [-0.05, 0) is 56.5 Å². The monoisotopic (exact) mass is 324 g/mol. The van der Waals surface area contributed by atoms with Gasteiger partial charge in [-0.2, -0.15) is 0 Å². The van der Waals surface area contributed by atoms with Crippen LogP contribution in [0.2, 0.25) is 0 Å². The maximum atomic E-state index is 3.62. The Labute approximate surface area is 125 Å². The normalized spacial score (nSPS) is 27.6. The van der Waals surface area contributed by atoms with E-state index < -0.39 is 0 Å². The van der Waals surface area contributed by atoms with Crippen LogP contribution in [0.25, 0.3) is 0 Å². The molecule has 1 heterocycles. The fourth-order valence-corrected chi connectivity index (χ4v) is 3.76. The molecule has 0 radical (unpaired) electrons. The van der Waals surface area contributed by atoms with Gasteiger partial charge in [0.1, 0.15) is 0 Å². The summed E-state index contributed by atoms with van der Waals surface area (Å²) in [6, 6.07) is 7.94. The van der Waals surface area contributed by atoms with E-state index in [0.29, 0.717) is 18.0 Å². The molecule has 3 unspecified atom stereocenters. The average molecular weight is 325 g/mol. The van der Waals surface area contributed by atoms with Crippen LogP contribution in [0, 0.1) is 12.8 Å². The Morgan fingerprint density at radius 2 is 2.05 bits per heavy atom. The van der Waals surface area contributed by atoms with Gasteiger partial charge in [0.2, 0.25) is 0 Å². The molecule has 1 saturated heterocycles. The quantitative estimate of drug-likeness (QED) is 0.905. The smallest absolute Gasteiger partial charge is 0.0382 e. The Bertz CT molecular complexity index is 413. The zero-order valence-electron chi connectivity index (χ0n) is 12.4. The summed E-state index contributed by atoms with van der Waals surface area (Å²) in [5.41, 5.74) is 2.67. The molecule has 0 amide bonds. The molecule has 1 aliphatic heterocycles. The molecule has 3 heteroatoms. The topological polar surface area (TPSA) is 15.3 Å². The molecular weight excluding hydrogens is 300 g/mol. The van der Waals surface area contributed by atoms with Gasteiger partial charge in [0.15, 0.2) is 0 Å². The lowest BCUT2D eigenvalue weighted by Crippen LogP contribution is -2.53. The minimum Gasteiger partial charge on any atom is -0.368 e. The number of rotatable bonds is 3. The van der Waals surface area contributed by atoms with E-state index in [1.54, 1.807) is 0 Å². The van der Waals surface area contributed by atoms with E-state index in [4.69, 9.17) is 0 Å². The van der Waals surface area contributed by atoms with E-state index in [0.717, 1.165) is 13.1 Å². The summed E-state index contributed by atoms with van der Waals surface area (Å²) in [4.78, 5) is 2.55. The molecule has 1 fully saturated rings. The van der Waals surface area contributed by atoms with Gasteiger partial charge in [-0.15, -0.1) is 0 Å². The van der Waals surface area contributed by atoms with Crippen molar-refractivity contribution < 1.29 is 0 Å². The Morgan fingerprint density at radius 1 is 1.32 bits per heavy atom. The van der Waals surface area contributed by atoms with E-state index in [9.17, 15) is 0 Å². The molecule has 2 rings (SSSR count). The molecule has 0 bridgehead atoms. The molecule has 106 valence electrons. The summed E-state index contributed by atoms with van der Waals surface area (Å²) in [6.07, 6.45) is 1.23. The summed E-state index contributed by atoms with van der Waals surface area (Å²) >= 11 is 3.61. The number of anilines is 1. The van der Waals surface area contributed by atoms with Crippen LogP contribution in [-0.2, 0) is 0 Å². The number of halogens is 1. The second-order valence-corrected chi connectivity index (χ2v) is 6.65. The predicted molar refractivity (Wildman–Crippen MR) is 86.9 cm³/mol. The van der Waals surface area contributed by atoms with Crippen LogP contribution in [0.5, 0.6) is 0 Å². The number of nitrogens with one attached hydrogen (secondary N) is 1. The van der Waals surface area contributed by atoms with Crippen LogP contribution in [0.15, 0.2) is 22.7 Å². The SMILES string of the molecule is CCNC1CCN(c2cc(C)cc(Br)c2)C(C)C1C. The van der Waals surface area contributed by atoms with Crippen LogP contribution >= 0.6 is 15.9 Å². The van der Waals surface area contributed by atoms with Crippen molar-refractivity contribution in [1.29, 1.82) is 0 Å². The van der Waals surface area contributed by atoms with Gasteiger partial charge in [-0.1, -0.05) is 29.8 Å². The van der Waals surface area contributed by atoms with E-state index in [1.807, 2.05) is 0 Å². The molecule has 2 nitrogen and oxygen atoms in total. The molecule has 0 aromatic heterocycles. The number of piperidine rings is 1. The molecule has 1 aromatic rings. The van der Waals surface area contributed by atoms with Crippen molar-refractivity contribution in [2.45, 2.75) is 46.2 Å². The summed E-state index contributed by atoms with van der Waals surface area (Å²) in [6.45, 7) is 11.3. The first kappa shape index (κ1) is 14.9. The van der Waals surface area contributed by atoms with Crippen molar-refractivity contribution in [3.8, 4) is 0 Å². The van der Waals surface area contributed by atoms with Gasteiger partial charge in [-0.3, -0.25) is 0 Å². The zero-order chi connectivity index (χ0) is 14.0. The standard InChI is InChI=1S/C16H25BrN2/c1-5-18-16-6-7-19(13(4)12(16)3)15-9-11(2)8-14(17)10-15/h8-10,12-13,16,18H,5-7H2,1-4H3. The van der Waals surface area contributed by atoms with Crippen LogP contribution in [0.1, 0.15) is 32.8 Å². The molecule has 3 atom stereocenters. The fraction of sp³-hybridized carbons (Fsp3) is 0.625. The van der Waals surface area contributed by atoms with E-state index in [2.05, 4.69) is 72.0 Å². The van der Waals surface area contributed by atoms with Gasteiger partial charge >= 0.3 is 0 Å². The Kier molecular flexibility index (Phi) is 4.91. The van der Waals surface area contributed by atoms with Crippen molar-refractivity contribution in [3.63, 3.8) is 0 Å². The third-order valence-electron chi connectivity index (χ3n) is 4.39.